The molecule has 8 nitrogen and oxygen atoms in total. The van der Waals surface area contributed by atoms with E-state index in [0.29, 0.717) is 96.8 Å². The molecule has 1 N–H and O–H groups in total. The number of rotatable bonds is 19. The quantitative estimate of drug-likeness (QED) is 0.0857. The fourth-order valence-corrected chi connectivity index (χ4v) is 15.9. The number of benzene rings is 8. The lowest BCUT2D eigenvalue weighted by molar-refractivity contribution is 0.306. The summed E-state index contributed by atoms with van der Waals surface area (Å²) in [5, 5.41) is 12.4. The van der Waals surface area contributed by atoms with Crippen LogP contribution in [0.2, 0.25) is 0 Å². The fourth-order valence-electron chi connectivity index (χ4n) is 15.9. The molecule has 115 heavy (non-hydrogen) atoms. The molecule has 0 unspecified atom stereocenters. The summed E-state index contributed by atoms with van der Waals surface area (Å²) >= 11 is 0. The molecule has 10 rings (SSSR count). The zero-order valence-electron chi connectivity index (χ0n) is 77.7. The van der Waals surface area contributed by atoms with Crippen molar-refractivity contribution in [2.45, 2.75) is 341 Å². The van der Waals surface area contributed by atoms with Gasteiger partial charge in [-0.3, -0.25) is 0 Å². The van der Waals surface area contributed by atoms with Gasteiger partial charge < -0.3 is 38.3 Å². The molecule has 0 saturated heterocycles. The Kier molecular flexibility index (Phi) is 29.0. The van der Waals surface area contributed by atoms with E-state index in [0.717, 1.165) is 112 Å². The minimum atomic E-state index is -0.125. The van der Waals surface area contributed by atoms with Crippen LogP contribution < -0.4 is 33.2 Å². The normalized spacial score (nSPS) is 13.7. The van der Waals surface area contributed by atoms with Crippen LogP contribution in [0.4, 0.5) is 0 Å². The maximum Gasteiger partial charge on any atom is 0.126 e. The van der Waals surface area contributed by atoms with E-state index in [9.17, 15) is 5.11 Å². The Balaban J connectivity index is 0.000000263. The Morgan fingerprint density at radius 3 is 0.426 bits per heavy atom. The van der Waals surface area contributed by atoms with Gasteiger partial charge in [0.2, 0.25) is 0 Å². The average Bonchev–Trinajstić information content (AvgIpc) is 0.762. The Bertz CT molecular complexity index is 4440. The van der Waals surface area contributed by atoms with Crippen molar-refractivity contribution < 1.29 is 38.3 Å². The highest BCUT2D eigenvalue weighted by Crippen LogP contribution is 2.49. The Morgan fingerprint density at radius 1 is 0.200 bits per heavy atom. The van der Waals surface area contributed by atoms with Crippen molar-refractivity contribution in [3.8, 4) is 46.0 Å². The van der Waals surface area contributed by atoms with Gasteiger partial charge in [0, 0.05) is 51.4 Å². The smallest absolute Gasteiger partial charge is 0.126 e. The molecule has 0 amide bonds. The van der Waals surface area contributed by atoms with Crippen LogP contribution in [0.3, 0.4) is 0 Å². The molecule has 16 bridgehead atoms. The minimum Gasteiger partial charge on any atom is -0.507 e. The number of hydrogen-bond acceptors (Lipinski definition) is 8. The van der Waals surface area contributed by atoms with Gasteiger partial charge in [0.1, 0.15) is 46.0 Å². The Morgan fingerprint density at radius 2 is 0.313 bits per heavy atom. The fraction of sp³-hybridized carbons (Fsp3) is 0.551. The predicted molar refractivity (Wildman–Crippen MR) is 487 cm³/mol. The number of aromatic hydroxyl groups is 1. The highest BCUT2D eigenvalue weighted by molar-refractivity contribution is 5.63. The van der Waals surface area contributed by atoms with Crippen LogP contribution in [-0.4, -0.2) is 51.9 Å². The van der Waals surface area contributed by atoms with E-state index in [1.165, 1.54) is 100 Å². The van der Waals surface area contributed by atoms with Gasteiger partial charge in [0.15, 0.2) is 0 Å². The summed E-state index contributed by atoms with van der Waals surface area (Å²) < 4.78 is 47.8. The van der Waals surface area contributed by atoms with E-state index in [4.69, 9.17) is 33.2 Å². The van der Waals surface area contributed by atoms with Crippen molar-refractivity contribution in [3.05, 3.63) is 231 Å². The van der Waals surface area contributed by atoms with E-state index in [1.807, 2.05) is 7.11 Å². The van der Waals surface area contributed by atoms with Crippen LogP contribution in [0.1, 0.15) is 380 Å². The van der Waals surface area contributed by atoms with E-state index < -0.39 is 0 Å². The van der Waals surface area contributed by atoms with Crippen LogP contribution >= 0.6 is 0 Å². The molecule has 0 heterocycles. The molecular formula is C107H150O8. The van der Waals surface area contributed by atoms with Gasteiger partial charge in [-0.25, -0.2) is 0 Å². The molecule has 0 fully saturated rings. The number of methoxy groups -OCH3 is 1. The van der Waals surface area contributed by atoms with Crippen molar-refractivity contribution in [1.82, 2.24) is 0 Å². The standard InChI is InChI=1S/C54H76O4.C53H74O4/c1-17-20-56-48-37-23-35-27-43(51(4,5)6)28-36(47(35)55-16)24-38-30-45(53(10,11)12)32-40(49(38)57-21-18-2)26-42-34-46(54(13,14)15)33-41(50(42)58-22-19-3)25-39(48)31-44(29-37)52(7,8)9;1-16-19-55-47-36-22-34-26-42(50(4,5)6)27-35(46(34)54)23-37-29-44(52(10,11)12)31-39(48(37)56-20-17-2)25-41-33-45(53(13,14)15)32-40(49(41)57-21-18-3)24-38(47)30-43(28-36)51(7,8)9/h27-34H,17-26H2,1-16H3;26-33,54H,16-25H2,1-15H3. The van der Waals surface area contributed by atoms with Crippen LogP contribution in [0, 0.1) is 0 Å². The summed E-state index contributed by atoms with van der Waals surface area (Å²) in [7, 11) is 1.84. The Labute approximate surface area is 698 Å². The van der Waals surface area contributed by atoms with Crippen LogP contribution in [0.25, 0.3) is 0 Å². The topological polar surface area (TPSA) is 84.8 Å². The first kappa shape index (κ1) is 91.1. The zero-order chi connectivity index (χ0) is 84.9. The van der Waals surface area contributed by atoms with Crippen molar-refractivity contribution >= 4 is 0 Å². The lowest BCUT2D eigenvalue weighted by atomic mass is 9.79. The first-order valence-electron chi connectivity index (χ1n) is 43.9. The lowest BCUT2D eigenvalue weighted by Gasteiger charge is -2.29. The molecule has 0 atom stereocenters. The highest BCUT2D eigenvalue weighted by Gasteiger charge is 2.34. The lowest BCUT2D eigenvalue weighted by Crippen LogP contribution is -2.17. The zero-order valence-corrected chi connectivity index (χ0v) is 77.7. The van der Waals surface area contributed by atoms with Gasteiger partial charge in [-0.1, -0.05) is 305 Å². The molecule has 8 heteroatoms. The maximum atomic E-state index is 12.4. The van der Waals surface area contributed by atoms with Gasteiger partial charge in [-0.2, -0.15) is 0 Å². The third kappa shape index (κ3) is 22.5. The second kappa shape index (κ2) is 36.6. The monoisotopic (exact) mass is 1560 g/mol. The molecule has 0 aromatic heterocycles. The number of ether oxygens (including phenoxy) is 7. The van der Waals surface area contributed by atoms with Gasteiger partial charge >= 0.3 is 0 Å². The Hall–Kier alpha value is -7.84. The van der Waals surface area contributed by atoms with Crippen LogP contribution in [-0.2, 0) is 94.7 Å². The molecule has 8 aromatic carbocycles. The number of phenolic OH excluding ortho intramolecular Hbond substituents is 1. The number of fused-ring (bicyclic) bond motifs is 16. The second-order valence-corrected chi connectivity index (χ2v) is 41.7. The van der Waals surface area contributed by atoms with E-state index >= 15 is 0 Å². The van der Waals surface area contributed by atoms with E-state index in [2.05, 4.69) is 305 Å². The first-order valence-corrected chi connectivity index (χ1v) is 43.9. The summed E-state index contributed by atoms with van der Waals surface area (Å²) in [6, 6.07) is 37.9. The minimum absolute atomic E-state index is 0.0705. The molecular weight excluding hydrogens is 1410 g/mol. The van der Waals surface area contributed by atoms with Gasteiger partial charge in [-0.15, -0.1) is 0 Å². The van der Waals surface area contributed by atoms with Gasteiger partial charge in [-0.05, 0) is 215 Å². The largest absolute Gasteiger partial charge is 0.507 e. The van der Waals surface area contributed by atoms with E-state index in [1.54, 1.807) is 0 Å². The number of phenols is 1. The second-order valence-electron chi connectivity index (χ2n) is 41.7. The molecule has 8 aromatic rings. The number of hydrogen-bond donors (Lipinski definition) is 1. The highest BCUT2D eigenvalue weighted by atomic mass is 16.5. The molecule has 0 saturated carbocycles. The SMILES string of the molecule is CCCOc1c2cc(C(C)(C)C)cc1Cc1cc(C(C)(C)C)cc(c1OCCC)Cc1cc(C(C)(C)C)cc(c1OCCC)Cc1cc(C(C)(C)C)cc(c1O)C2.CCCOc1c2cc(C(C)(C)C)cc1Cc1cc(C(C)(C)C)cc(c1OCCC)Cc1cc(C(C)(C)C)cc(c1OCCC)Cc1cc(C(C)(C)C)cc(c1OC)C2. The molecule has 2 aliphatic carbocycles. The molecule has 0 aliphatic heterocycles. The van der Waals surface area contributed by atoms with E-state index in [-0.39, 0.29) is 43.3 Å². The van der Waals surface area contributed by atoms with Crippen molar-refractivity contribution in [2.75, 3.05) is 46.8 Å². The van der Waals surface area contributed by atoms with Crippen molar-refractivity contribution in [2.24, 2.45) is 0 Å². The van der Waals surface area contributed by atoms with Crippen molar-refractivity contribution in [3.63, 3.8) is 0 Å². The molecule has 626 valence electrons. The summed E-state index contributed by atoms with van der Waals surface area (Å²) in [5.74, 6) is 7.12. The average molecular weight is 1560 g/mol. The summed E-state index contributed by atoms with van der Waals surface area (Å²) in [4.78, 5) is 0. The molecule has 2 aliphatic rings. The third-order valence-electron chi connectivity index (χ3n) is 22.8. The summed E-state index contributed by atoms with van der Waals surface area (Å²) in [6.07, 6.45) is 10.7. The molecule has 0 radical (unpaired) electrons. The van der Waals surface area contributed by atoms with Crippen LogP contribution in [0.15, 0.2) is 97.1 Å². The van der Waals surface area contributed by atoms with Crippen LogP contribution in [0.5, 0.6) is 46.0 Å². The third-order valence-corrected chi connectivity index (χ3v) is 22.8. The van der Waals surface area contributed by atoms with Gasteiger partial charge in [0.25, 0.3) is 0 Å². The summed E-state index contributed by atoms with van der Waals surface area (Å²) in [6.45, 7) is 72.2. The molecule has 0 spiro atoms. The maximum absolute atomic E-state index is 12.4. The van der Waals surface area contributed by atoms with Gasteiger partial charge in [0.05, 0.1) is 46.8 Å². The first-order chi connectivity index (χ1) is 53.6. The predicted octanol–water partition coefficient (Wildman–Crippen LogP) is 27.6. The van der Waals surface area contributed by atoms with Crippen molar-refractivity contribution in [1.29, 1.82) is 0 Å². The summed E-state index contributed by atoms with van der Waals surface area (Å²) in [5.41, 5.74) is 27.9.